The van der Waals surface area contributed by atoms with E-state index in [2.05, 4.69) is 34.0 Å². The van der Waals surface area contributed by atoms with Crippen LogP contribution in [0.3, 0.4) is 0 Å². The molecule has 2 N–H and O–H groups in total. The van der Waals surface area contributed by atoms with E-state index in [1.54, 1.807) is 6.33 Å². The van der Waals surface area contributed by atoms with Crippen molar-refractivity contribution < 1.29 is 0 Å². The van der Waals surface area contributed by atoms with Gasteiger partial charge in [-0.3, -0.25) is 0 Å². The van der Waals surface area contributed by atoms with Gasteiger partial charge in [0, 0.05) is 12.6 Å². The van der Waals surface area contributed by atoms with Crippen LogP contribution in [0.25, 0.3) is 5.65 Å². The Hall–Kier alpha value is -1.62. The highest BCUT2D eigenvalue weighted by atomic mass is 15.4. The van der Waals surface area contributed by atoms with Gasteiger partial charge in [-0.2, -0.15) is 9.61 Å². The van der Waals surface area contributed by atoms with Crippen molar-refractivity contribution in [3.05, 3.63) is 24.0 Å². The standard InChI is InChI=1S/C13H19N5/c1-10-7-12-15-9-16-18(12)13(8-10)17(6-2-5-14)11-3-4-11/h7-9,11H,2-6,14H2,1H3. The van der Waals surface area contributed by atoms with Crippen LogP contribution in [0.4, 0.5) is 5.82 Å². The predicted molar refractivity (Wildman–Crippen MR) is 71.8 cm³/mol. The van der Waals surface area contributed by atoms with Gasteiger partial charge in [0.2, 0.25) is 0 Å². The lowest BCUT2D eigenvalue weighted by Crippen LogP contribution is -2.30. The first-order chi connectivity index (χ1) is 8.79. The maximum atomic E-state index is 5.64. The monoisotopic (exact) mass is 245 g/mol. The Kier molecular flexibility index (Phi) is 2.91. The lowest BCUT2D eigenvalue weighted by Gasteiger charge is -2.25. The minimum absolute atomic E-state index is 0.658. The van der Waals surface area contributed by atoms with Gasteiger partial charge in [0.25, 0.3) is 0 Å². The van der Waals surface area contributed by atoms with Gasteiger partial charge in [0.05, 0.1) is 0 Å². The second-order valence-electron chi connectivity index (χ2n) is 4.99. The van der Waals surface area contributed by atoms with Crippen LogP contribution in [-0.2, 0) is 0 Å². The Balaban J connectivity index is 2.01. The Bertz CT molecular complexity index is 543. The van der Waals surface area contributed by atoms with E-state index in [9.17, 15) is 0 Å². The third-order valence-electron chi connectivity index (χ3n) is 3.39. The van der Waals surface area contributed by atoms with Crippen molar-refractivity contribution in [1.29, 1.82) is 0 Å². The first kappa shape index (κ1) is 11.5. The fraction of sp³-hybridized carbons (Fsp3) is 0.538. The number of fused-ring (bicyclic) bond motifs is 1. The van der Waals surface area contributed by atoms with E-state index < -0.39 is 0 Å². The van der Waals surface area contributed by atoms with Crippen LogP contribution < -0.4 is 10.6 Å². The summed E-state index contributed by atoms with van der Waals surface area (Å²) >= 11 is 0. The van der Waals surface area contributed by atoms with Crippen LogP contribution >= 0.6 is 0 Å². The molecular weight excluding hydrogens is 226 g/mol. The molecular formula is C13H19N5. The molecule has 5 nitrogen and oxygen atoms in total. The average molecular weight is 245 g/mol. The maximum absolute atomic E-state index is 5.64. The van der Waals surface area contributed by atoms with Gasteiger partial charge in [-0.25, -0.2) is 4.98 Å². The molecule has 1 aliphatic carbocycles. The van der Waals surface area contributed by atoms with Gasteiger partial charge >= 0.3 is 0 Å². The number of nitrogens with two attached hydrogens (primary N) is 1. The summed E-state index contributed by atoms with van der Waals surface area (Å²) in [5.74, 6) is 1.15. The smallest absolute Gasteiger partial charge is 0.157 e. The summed E-state index contributed by atoms with van der Waals surface area (Å²) < 4.78 is 1.93. The zero-order chi connectivity index (χ0) is 12.5. The van der Waals surface area contributed by atoms with E-state index in [4.69, 9.17) is 5.73 Å². The zero-order valence-corrected chi connectivity index (χ0v) is 10.7. The van der Waals surface area contributed by atoms with Crippen LogP contribution in [0, 0.1) is 6.92 Å². The van der Waals surface area contributed by atoms with E-state index in [-0.39, 0.29) is 0 Å². The highest BCUT2D eigenvalue weighted by Gasteiger charge is 2.30. The van der Waals surface area contributed by atoms with Gasteiger partial charge in [0.1, 0.15) is 12.1 Å². The first-order valence-electron chi connectivity index (χ1n) is 6.56. The lowest BCUT2D eigenvalue weighted by molar-refractivity contribution is 0.707. The highest BCUT2D eigenvalue weighted by Crippen LogP contribution is 2.32. The van der Waals surface area contributed by atoms with E-state index in [0.29, 0.717) is 6.04 Å². The molecule has 1 saturated carbocycles. The molecule has 0 atom stereocenters. The van der Waals surface area contributed by atoms with Crippen molar-refractivity contribution in [2.45, 2.75) is 32.2 Å². The molecule has 1 fully saturated rings. The largest absolute Gasteiger partial charge is 0.353 e. The van der Waals surface area contributed by atoms with E-state index in [1.807, 2.05) is 4.52 Å². The molecule has 0 aromatic carbocycles. The van der Waals surface area contributed by atoms with Gasteiger partial charge in [-0.05, 0) is 50.4 Å². The van der Waals surface area contributed by atoms with Gasteiger partial charge < -0.3 is 10.6 Å². The van der Waals surface area contributed by atoms with E-state index in [0.717, 1.165) is 31.0 Å². The molecule has 96 valence electrons. The average Bonchev–Trinajstić information content (AvgIpc) is 3.08. The van der Waals surface area contributed by atoms with Crippen LogP contribution in [0.1, 0.15) is 24.8 Å². The molecule has 3 rings (SSSR count). The second kappa shape index (κ2) is 4.57. The van der Waals surface area contributed by atoms with Crippen LogP contribution in [-0.4, -0.2) is 33.7 Å². The molecule has 0 aliphatic heterocycles. The Morgan fingerprint density at radius 3 is 3.00 bits per heavy atom. The Morgan fingerprint density at radius 2 is 2.28 bits per heavy atom. The molecule has 2 aromatic rings. The molecule has 0 spiro atoms. The fourth-order valence-electron chi connectivity index (χ4n) is 2.37. The topological polar surface area (TPSA) is 59.5 Å². The molecule has 0 unspecified atom stereocenters. The number of anilines is 1. The van der Waals surface area contributed by atoms with Crippen LogP contribution in [0.5, 0.6) is 0 Å². The van der Waals surface area contributed by atoms with Crippen molar-refractivity contribution in [2.24, 2.45) is 5.73 Å². The summed E-state index contributed by atoms with van der Waals surface area (Å²) in [5, 5.41) is 4.33. The van der Waals surface area contributed by atoms with Crippen molar-refractivity contribution in [2.75, 3.05) is 18.0 Å². The summed E-state index contributed by atoms with van der Waals surface area (Å²) in [6.45, 7) is 3.83. The maximum Gasteiger partial charge on any atom is 0.157 e. The summed E-state index contributed by atoms with van der Waals surface area (Å²) in [4.78, 5) is 6.72. The van der Waals surface area contributed by atoms with E-state index >= 15 is 0 Å². The van der Waals surface area contributed by atoms with Gasteiger partial charge in [0.15, 0.2) is 5.65 Å². The predicted octanol–water partition coefficient (Wildman–Crippen LogP) is 1.36. The minimum Gasteiger partial charge on any atom is -0.353 e. The van der Waals surface area contributed by atoms with Crippen molar-refractivity contribution in [1.82, 2.24) is 14.6 Å². The molecule has 2 heterocycles. The number of nitrogens with zero attached hydrogens (tertiary/aromatic N) is 4. The number of aromatic nitrogens is 3. The summed E-state index contributed by atoms with van der Waals surface area (Å²) in [7, 11) is 0. The molecule has 0 amide bonds. The lowest BCUT2D eigenvalue weighted by atomic mass is 10.2. The third kappa shape index (κ3) is 2.06. The van der Waals surface area contributed by atoms with Crippen molar-refractivity contribution >= 4 is 11.5 Å². The molecule has 0 radical (unpaired) electrons. The molecule has 0 bridgehead atoms. The third-order valence-corrected chi connectivity index (χ3v) is 3.39. The minimum atomic E-state index is 0.658. The van der Waals surface area contributed by atoms with Gasteiger partial charge in [-0.15, -0.1) is 0 Å². The second-order valence-corrected chi connectivity index (χ2v) is 4.99. The van der Waals surface area contributed by atoms with E-state index in [1.165, 1.54) is 18.4 Å². The summed E-state index contributed by atoms with van der Waals surface area (Å²) in [6, 6.07) is 4.91. The SMILES string of the molecule is Cc1cc(N(CCCN)C2CC2)n2ncnc2c1. The molecule has 18 heavy (non-hydrogen) atoms. The Labute approximate surface area is 107 Å². The quantitative estimate of drug-likeness (QED) is 0.864. The van der Waals surface area contributed by atoms with Crippen LogP contribution in [0.2, 0.25) is 0 Å². The number of hydrogen-bond acceptors (Lipinski definition) is 4. The van der Waals surface area contributed by atoms with Crippen molar-refractivity contribution in [3.8, 4) is 0 Å². The van der Waals surface area contributed by atoms with Gasteiger partial charge in [-0.1, -0.05) is 0 Å². The zero-order valence-electron chi connectivity index (χ0n) is 10.7. The highest BCUT2D eigenvalue weighted by molar-refractivity contribution is 5.54. The number of hydrogen-bond donors (Lipinski definition) is 1. The van der Waals surface area contributed by atoms with Crippen LogP contribution in [0.15, 0.2) is 18.5 Å². The molecule has 1 aliphatic rings. The molecule has 5 heteroatoms. The van der Waals surface area contributed by atoms with Crippen molar-refractivity contribution in [3.63, 3.8) is 0 Å². The summed E-state index contributed by atoms with van der Waals surface area (Å²) in [5.41, 5.74) is 7.78. The fourth-order valence-corrected chi connectivity index (χ4v) is 2.37. The molecule has 0 saturated heterocycles. The summed E-state index contributed by atoms with van der Waals surface area (Å²) in [6.07, 6.45) is 5.18. The Morgan fingerprint density at radius 1 is 1.44 bits per heavy atom. The first-order valence-corrected chi connectivity index (χ1v) is 6.56. The number of pyridine rings is 1. The number of rotatable bonds is 5. The number of aryl methyl sites for hydroxylation is 1. The normalized spacial score (nSPS) is 15.2. The molecule has 2 aromatic heterocycles.